The Morgan fingerprint density at radius 3 is 2.72 bits per heavy atom. The van der Waals surface area contributed by atoms with Crippen LogP contribution in [0.3, 0.4) is 0 Å². The van der Waals surface area contributed by atoms with E-state index in [-0.39, 0.29) is 0 Å². The molecular formula is C11H9ClN4O2. The van der Waals surface area contributed by atoms with E-state index in [1.165, 1.54) is 0 Å². The second kappa shape index (κ2) is 4.99. The maximum Gasteiger partial charge on any atom is 0.323 e. The number of rotatable bonds is 1. The van der Waals surface area contributed by atoms with E-state index in [1.807, 2.05) is 0 Å². The van der Waals surface area contributed by atoms with Gasteiger partial charge in [0.25, 0.3) is 0 Å². The number of hydrogen-bond acceptors (Lipinski definition) is 4. The Kier molecular flexibility index (Phi) is 3.40. The first-order chi connectivity index (χ1) is 8.63. The van der Waals surface area contributed by atoms with Crippen LogP contribution in [-0.2, 0) is 9.59 Å². The summed E-state index contributed by atoms with van der Waals surface area (Å²) in [6, 6.07) is 6.68. The molecule has 0 radical (unpaired) electrons. The molecule has 6 nitrogen and oxygen atoms in total. The molecule has 2 amide bonds. The molecule has 0 atom stereocenters. The van der Waals surface area contributed by atoms with Gasteiger partial charge in [0.15, 0.2) is 0 Å². The fourth-order valence-corrected chi connectivity index (χ4v) is 1.70. The van der Waals surface area contributed by atoms with Crippen LogP contribution in [0.2, 0.25) is 5.02 Å². The molecular weight excluding hydrogens is 256 g/mol. The second-order valence-corrected chi connectivity index (χ2v) is 3.83. The summed E-state index contributed by atoms with van der Waals surface area (Å²) < 4.78 is 0. The minimum atomic E-state index is -0.936. The number of anilines is 1. The molecule has 2 aromatic rings. The number of pyridine rings is 1. The molecule has 1 heterocycles. The van der Waals surface area contributed by atoms with Gasteiger partial charge in [-0.15, -0.1) is 0 Å². The number of aromatic nitrogens is 1. The molecule has 92 valence electrons. The Hall–Kier alpha value is -2.18. The molecule has 0 unspecified atom stereocenters. The zero-order valence-corrected chi connectivity index (χ0v) is 9.86. The molecule has 0 saturated carbocycles. The minimum absolute atomic E-state index is 0.392. The molecule has 18 heavy (non-hydrogen) atoms. The third-order valence-electron chi connectivity index (χ3n) is 2.30. The van der Waals surface area contributed by atoms with Gasteiger partial charge in [0.05, 0.1) is 16.2 Å². The Bertz CT molecular complexity index is 629. The van der Waals surface area contributed by atoms with Crippen LogP contribution < -0.4 is 16.6 Å². The van der Waals surface area contributed by atoms with E-state index >= 15 is 0 Å². The topological polar surface area (TPSA) is 97.1 Å². The van der Waals surface area contributed by atoms with Crippen LogP contribution in [0.4, 0.5) is 5.69 Å². The van der Waals surface area contributed by atoms with Crippen LogP contribution in [0, 0.1) is 0 Å². The molecule has 0 spiro atoms. The number of nitrogens with zero attached hydrogens (tertiary/aromatic N) is 1. The summed E-state index contributed by atoms with van der Waals surface area (Å²) in [5, 5.41) is 3.61. The number of amides is 2. The summed E-state index contributed by atoms with van der Waals surface area (Å²) in [4.78, 5) is 26.6. The molecule has 0 fully saturated rings. The van der Waals surface area contributed by atoms with Crippen LogP contribution in [0.1, 0.15) is 0 Å². The lowest BCUT2D eigenvalue weighted by molar-refractivity contribution is -0.136. The lowest BCUT2D eigenvalue weighted by Crippen LogP contribution is -2.39. The number of carbonyl (C=O) groups is 2. The number of benzene rings is 1. The normalized spacial score (nSPS) is 10.1. The van der Waals surface area contributed by atoms with Gasteiger partial charge >= 0.3 is 11.8 Å². The maximum absolute atomic E-state index is 11.4. The number of nitrogens with one attached hydrogen (secondary N) is 2. The first-order valence-electron chi connectivity index (χ1n) is 4.98. The van der Waals surface area contributed by atoms with E-state index < -0.39 is 11.8 Å². The highest BCUT2D eigenvalue weighted by Crippen LogP contribution is 2.27. The highest BCUT2D eigenvalue weighted by molar-refractivity contribution is 6.40. The van der Waals surface area contributed by atoms with Crippen molar-refractivity contribution >= 4 is 40.0 Å². The smallest absolute Gasteiger partial charge is 0.316 e. The van der Waals surface area contributed by atoms with Crippen LogP contribution in [0.5, 0.6) is 0 Å². The lowest BCUT2D eigenvalue weighted by Gasteiger charge is -2.08. The Morgan fingerprint density at radius 1 is 1.22 bits per heavy atom. The number of carbonyl (C=O) groups excluding carboxylic acids is 2. The van der Waals surface area contributed by atoms with Crippen LogP contribution >= 0.6 is 11.6 Å². The third kappa shape index (κ3) is 2.24. The number of hydrogen-bond donors (Lipinski definition) is 3. The van der Waals surface area contributed by atoms with Crippen molar-refractivity contribution in [2.24, 2.45) is 5.84 Å². The largest absolute Gasteiger partial charge is 0.323 e. The number of halogens is 1. The molecule has 1 aromatic carbocycles. The predicted octanol–water partition coefficient (Wildman–Crippen LogP) is 0.817. The van der Waals surface area contributed by atoms with Crippen molar-refractivity contribution in [2.75, 3.05) is 5.32 Å². The number of fused-ring (bicyclic) bond motifs is 1. The van der Waals surface area contributed by atoms with Gasteiger partial charge in [0, 0.05) is 11.6 Å². The van der Waals surface area contributed by atoms with E-state index in [0.29, 0.717) is 21.6 Å². The summed E-state index contributed by atoms with van der Waals surface area (Å²) in [5.74, 6) is 3.06. The van der Waals surface area contributed by atoms with Crippen LogP contribution in [0.15, 0.2) is 30.5 Å². The number of nitrogens with two attached hydrogens (primary N) is 1. The fraction of sp³-hybridized carbons (Fsp3) is 0. The summed E-state index contributed by atoms with van der Waals surface area (Å²) >= 11 is 6.00. The van der Waals surface area contributed by atoms with Crippen LogP contribution in [0.25, 0.3) is 10.9 Å². The van der Waals surface area contributed by atoms with Gasteiger partial charge in [-0.1, -0.05) is 11.6 Å². The molecule has 0 aliphatic rings. The van der Waals surface area contributed by atoms with Crippen molar-refractivity contribution in [3.05, 3.63) is 35.5 Å². The van der Waals surface area contributed by atoms with E-state index in [4.69, 9.17) is 17.4 Å². The fourth-order valence-electron chi connectivity index (χ4n) is 1.48. The quantitative estimate of drug-likeness (QED) is 0.307. The number of hydrazine groups is 1. The van der Waals surface area contributed by atoms with E-state index in [9.17, 15) is 9.59 Å². The van der Waals surface area contributed by atoms with E-state index in [1.54, 1.807) is 35.9 Å². The first-order valence-corrected chi connectivity index (χ1v) is 5.36. The lowest BCUT2D eigenvalue weighted by atomic mass is 10.2. The summed E-state index contributed by atoms with van der Waals surface area (Å²) in [6.45, 7) is 0. The van der Waals surface area contributed by atoms with E-state index in [0.717, 1.165) is 0 Å². The van der Waals surface area contributed by atoms with Crippen molar-refractivity contribution in [3.63, 3.8) is 0 Å². The van der Waals surface area contributed by atoms with Crippen molar-refractivity contribution in [2.45, 2.75) is 0 Å². The highest BCUT2D eigenvalue weighted by atomic mass is 35.5. The van der Waals surface area contributed by atoms with Crippen molar-refractivity contribution in [3.8, 4) is 0 Å². The molecule has 0 bridgehead atoms. The summed E-state index contributed by atoms with van der Waals surface area (Å²) in [7, 11) is 0. The average Bonchev–Trinajstić information content (AvgIpc) is 2.41. The van der Waals surface area contributed by atoms with Crippen molar-refractivity contribution < 1.29 is 9.59 Å². The molecule has 0 aliphatic heterocycles. The van der Waals surface area contributed by atoms with Gasteiger partial charge in [-0.25, -0.2) is 5.84 Å². The Morgan fingerprint density at radius 2 is 2.00 bits per heavy atom. The van der Waals surface area contributed by atoms with Gasteiger partial charge in [-0.3, -0.25) is 20.0 Å². The SMILES string of the molecule is NNC(=O)C(=O)Nc1ccc(Cl)c2cccnc12. The van der Waals surface area contributed by atoms with E-state index in [2.05, 4.69) is 10.3 Å². The van der Waals surface area contributed by atoms with Crippen LogP contribution in [-0.4, -0.2) is 16.8 Å². The van der Waals surface area contributed by atoms with Gasteiger partial charge in [-0.2, -0.15) is 0 Å². The molecule has 4 N–H and O–H groups in total. The monoisotopic (exact) mass is 264 g/mol. The summed E-state index contributed by atoms with van der Waals surface area (Å²) in [6.07, 6.45) is 1.57. The average molecular weight is 265 g/mol. The second-order valence-electron chi connectivity index (χ2n) is 3.42. The zero-order valence-electron chi connectivity index (χ0n) is 9.11. The van der Waals surface area contributed by atoms with Gasteiger partial charge in [0.2, 0.25) is 0 Å². The maximum atomic E-state index is 11.4. The first kappa shape index (κ1) is 12.3. The molecule has 1 aromatic heterocycles. The minimum Gasteiger partial charge on any atom is -0.316 e. The van der Waals surface area contributed by atoms with Gasteiger partial charge in [0.1, 0.15) is 0 Å². The highest BCUT2D eigenvalue weighted by Gasteiger charge is 2.14. The van der Waals surface area contributed by atoms with Gasteiger partial charge in [-0.05, 0) is 24.3 Å². The van der Waals surface area contributed by atoms with Crippen molar-refractivity contribution in [1.29, 1.82) is 0 Å². The molecule has 2 rings (SSSR count). The summed E-state index contributed by atoms with van der Waals surface area (Å²) in [5.41, 5.74) is 2.64. The Balaban J connectivity index is 2.43. The molecule has 0 saturated heterocycles. The predicted molar refractivity (Wildman–Crippen MR) is 67.7 cm³/mol. The van der Waals surface area contributed by atoms with Crippen molar-refractivity contribution in [1.82, 2.24) is 10.4 Å². The molecule has 0 aliphatic carbocycles. The molecule has 7 heteroatoms. The third-order valence-corrected chi connectivity index (χ3v) is 2.63. The zero-order chi connectivity index (χ0) is 13.1. The standard InChI is InChI=1S/C11H9ClN4O2/c12-7-3-4-8(15-10(17)11(18)16-13)9-6(7)2-1-5-14-9/h1-5H,13H2,(H,15,17)(H,16,18). The van der Waals surface area contributed by atoms with Gasteiger partial charge < -0.3 is 5.32 Å². The Labute approximate surface area is 107 Å².